The maximum absolute atomic E-state index is 13.9. The van der Waals surface area contributed by atoms with E-state index in [1.807, 2.05) is 18.2 Å². The molecule has 1 aliphatic rings. The van der Waals surface area contributed by atoms with Gasteiger partial charge in [-0.05, 0) is 40.8 Å². The van der Waals surface area contributed by atoms with Gasteiger partial charge in [-0.25, -0.2) is 9.18 Å². The molecule has 30 heavy (non-hydrogen) atoms. The fourth-order valence-electron chi connectivity index (χ4n) is 4.37. The lowest BCUT2D eigenvalue weighted by Gasteiger charge is -2.36. The average molecular weight is 420 g/mol. The van der Waals surface area contributed by atoms with E-state index in [-0.39, 0.29) is 11.1 Å². The molecule has 0 fully saturated rings. The zero-order chi connectivity index (χ0) is 20.8. The number of nitrogens with two attached hydrogens (primary N) is 1. The summed E-state index contributed by atoms with van der Waals surface area (Å²) in [7, 11) is 0. The molecular formula is C24H19ClFN3O. The van der Waals surface area contributed by atoms with Crippen molar-refractivity contribution in [1.82, 2.24) is 9.88 Å². The zero-order valence-electron chi connectivity index (χ0n) is 16.0. The van der Waals surface area contributed by atoms with E-state index in [4.69, 9.17) is 17.3 Å². The normalized spacial score (nSPS) is 15.9. The van der Waals surface area contributed by atoms with Crippen LogP contribution in [0.5, 0.6) is 0 Å². The number of carbonyl (C=O) groups excluding carboxylic acids is 1. The van der Waals surface area contributed by atoms with Gasteiger partial charge in [-0.2, -0.15) is 0 Å². The molecule has 0 radical (unpaired) electrons. The van der Waals surface area contributed by atoms with Crippen LogP contribution in [-0.2, 0) is 6.42 Å². The molecule has 3 N–H and O–H groups in total. The summed E-state index contributed by atoms with van der Waals surface area (Å²) in [5, 5.41) is 0.821. The fraction of sp³-hybridized carbons (Fsp3) is 0.125. The van der Waals surface area contributed by atoms with Crippen molar-refractivity contribution in [1.29, 1.82) is 0 Å². The van der Waals surface area contributed by atoms with Crippen LogP contribution in [0.1, 0.15) is 22.7 Å². The molecule has 1 aromatic heterocycles. The lowest BCUT2D eigenvalue weighted by atomic mass is 9.86. The molecule has 3 aromatic carbocycles. The molecule has 0 saturated carbocycles. The van der Waals surface area contributed by atoms with E-state index in [9.17, 15) is 9.18 Å². The summed E-state index contributed by atoms with van der Waals surface area (Å²) >= 11 is 6.05. The molecule has 0 bridgehead atoms. The zero-order valence-corrected chi connectivity index (χ0v) is 16.8. The average Bonchev–Trinajstić information content (AvgIpc) is 3.15. The molecule has 150 valence electrons. The van der Waals surface area contributed by atoms with Crippen LogP contribution in [0.3, 0.4) is 0 Å². The summed E-state index contributed by atoms with van der Waals surface area (Å²) in [6.07, 6.45) is 2.52. The number of H-pyrrole nitrogens is 1. The summed E-state index contributed by atoms with van der Waals surface area (Å²) in [6, 6.07) is 18.6. The van der Waals surface area contributed by atoms with Crippen LogP contribution >= 0.6 is 11.6 Å². The topological polar surface area (TPSA) is 62.1 Å². The first-order valence-corrected chi connectivity index (χ1v) is 10.1. The van der Waals surface area contributed by atoms with Crippen molar-refractivity contribution in [2.75, 3.05) is 6.54 Å². The van der Waals surface area contributed by atoms with Crippen molar-refractivity contribution in [2.45, 2.75) is 12.5 Å². The number of nitrogens with one attached hydrogen (secondary N) is 1. The minimum atomic E-state index is -0.486. The first kappa shape index (κ1) is 18.7. The maximum Gasteiger partial charge on any atom is 0.315 e. The van der Waals surface area contributed by atoms with Gasteiger partial charge in [0.2, 0.25) is 0 Å². The highest BCUT2D eigenvalue weighted by atomic mass is 35.5. The summed E-state index contributed by atoms with van der Waals surface area (Å²) < 4.78 is 13.9. The number of hydrogen-bond acceptors (Lipinski definition) is 1. The van der Waals surface area contributed by atoms with Crippen molar-refractivity contribution in [3.05, 3.63) is 94.4 Å². The van der Waals surface area contributed by atoms with Crippen LogP contribution < -0.4 is 5.73 Å². The third-order valence-corrected chi connectivity index (χ3v) is 6.10. The molecule has 0 spiro atoms. The summed E-state index contributed by atoms with van der Waals surface area (Å²) in [5.41, 5.74) is 11.7. The van der Waals surface area contributed by atoms with Crippen LogP contribution in [0.4, 0.5) is 9.18 Å². The molecule has 0 aliphatic carbocycles. The number of carbonyl (C=O) groups is 1. The molecule has 2 amide bonds. The maximum atomic E-state index is 13.9. The number of benzene rings is 3. The van der Waals surface area contributed by atoms with E-state index in [2.05, 4.69) is 35.3 Å². The number of rotatable bonds is 2. The number of fused-ring (bicyclic) bond motifs is 2. The summed E-state index contributed by atoms with van der Waals surface area (Å²) in [4.78, 5) is 17.0. The number of hydrogen-bond donors (Lipinski definition) is 2. The van der Waals surface area contributed by atoms with Crippen LogP contribution in [0.15, 0.2) is 66.9 Å². The predicted molar refractivity (Wildman–Crippen MR) is 117 cm³/mol. The Kier molecular flexibility index (Phi) is 4.48. The van der Waals surface area contributed by atoms with Gasteiger partial charge in [-0.1, -0.05) is 60.1 Å². The Hall–Kier alpha value is -3.31. The van der Waals surface area contributed by atoms with Crippen molar-refractivity contribution in [3.8, 4) is 11.1 Å². The monoisotopic (exact) mass is 419 g/mol. The minimum Gasteiger partial charge on any atom is -0.361 e. The van der Waals surface area contributed by atoms with Gasteiger partial charge in [0.1, 0.15) is 5.82 Å². The Morgan fingerprint density at radius 1 is 1.07 bits per heavy atom. The smallest absolute Gasteiger partial charge is 0.315 e. The van der Waals surface area contributed by atoms with Crippen molar-refractivity contribution >= 4 is 28.5 Å². The largest absolute Gasteiger partial charge is 0.361 e. The number of urea groups is 1. The second-order valence-electron chi connectivity index (χ2n) is 7.52. The second-order valence-corrected chi connectivity index (χ2v) is 7.93. The highest BCUT2D eigenvalue weighted by Gasteiger charge is 2.33. The fourth-order valence-corrected chi connectivity index (χ4v) is 4.54. The van der Waals surface area contributed by atoms with Gasteiger partial charge in [0.25, 0.3) is 0 Å². The number of halogens is 2. The first-order valence-electron chi connectivity index (χ1n) is 9.73. The van der Waals surface area contributed by atoms with Crippen molar-refractivity contribution < 1.29 is 9.18 Å². The van der Waals surface area contributed by atoms with Gasteiger partial charge < -0.3 is 15.6 Å². The SMILES string of the molecule is NC(=O)N1CCc2cc(-c3ccccc3)ccc2C1c1c[nH]c2cc(F)c(Cl)cc12. The molecule has 5 rings (SSSR count). The van der Waals surface area contributed by atoms with E-state index in [1.54, 1.807) is 17.2 Å². The van der Waals surface area contributed by atoms with Crippen LogP contribution in [0, 0.1) is 5.82 Å². The van der Waals surface area contributed by atoms with Crippen LogP contribution in [-0.4, -0.2) is 22.5 Å². The molecule has 1 atom stereocenters. The molecule has 6 heteroatoms. The summed E-state index contributed by atoms with van der Waals surface area (Å²) in [6.45, 7) is 0.507. The molecule has 4 nitrogen and oxygen atoms in total. The highest BCUT2D eigenvalue weighted by molar-refractivity contribution is 6.31. The van der Waals surface area contributed by atoms with Gasteiger partial charge in [0, 0.05) is 29.2 Å². The van der Waals surface area contributed by atoms with Gasteiger partial charge in [0.05, 0.1) is 11.1 Å². The standard InChI is InChI=1S/C24H19ClFN3O/c25-20-11-18-19(13-28-22(18)12-21(20)26)23-17-7-6-15(14-4-2-1-3-5-14)10-16(17)8-9-29(23)24(27)30/h1-7,10-13,23,28H,8-9H2,(H2,27,30). The van der Waals surface area contributed by atoms with Crippen molar-refractivity contribution in [3.63, 3.8) is 0 Å². The van der Waals surface area contributed by atoms with E-state index in [0.717, 1.165) is 27.6 Å². The first-order chi connectivity index (χ1) is 14.5. The Labute approximate surface area is 178 Å². The predicted octanol–water partition coefficient (Wildman–Crippen LogP) is 5.65. The Morgan fingerprint density at radius 3 is 2.63 bits per heavy atom. The van der Waals surface area contributed by atoms with Crippen LogP contribution in [0.2, 0.25) is 5.02 Å². The Balaban J connectivity index is 1.67. The van der Waals surface area contributed by atoms with E-state index >= 15 is 0 Å². The van der Waals surface area contributed by atoms with Crippen LogP contribution in [0.25, 0.3) is 22.0 Å². The minimum absolute atomic E-state index is 0.0458. The van der Waals surface area contributed by atoms with Crippen molar-refractivity contribution in [2.24, 2.45) is 5.73 Å². The molecule has 0 saturated heterocycles. The number of aromatic nitrogens is 1. The van der Waals surface area contributed by atoms with E-state index in [1.165, 1.54) is 11.6 Å². The number of primary amides is 1. The van der Waals surface area contributed by atoms with Gasteiger partial charge in [0.15, 0.2) is 0 Å². The molecule has 2 heterocycles. The Bertz CT molecular complexity index is 1270. The number of aromatic amines is 1. The molecule has 4 aromatic rings. The lowest BCUT2D eigenvalue weighted by molar-refractivity contribution is 0.190. The second kappa shape index (κ2) is 7.18. The third-order valence-electron chi connectivity index (χ3n) is 5.81. The Morgan fingerprint density at radius 2 is 1.87 bits per heavy atom. The number of nitrogens with zero attached hydrogens (tertiary/aromatic N) is 1. The third kappa shape index (κ3) is 3.02. The lowest BCUT2D eigenvalue weighted by Crippen LogP contribution is -2.43. The highest BCUT2D eigenvalue weighted by Crippen LogP contribution is 2.40. The molecule has 1 unspecified atom stereocenters. The molecular weight excluding hydrogens is 401 g/mol. The molecule has 1 aliphatic heterocycles. The van der Waals surface area contributed by atoms with Gasteiger partial charge in [-0.15, -0.1) is 0 Å². The van der Waals surface area contributed by atoms with Gasteiger partial charge >= 0.3 is 6.03 Å². The number of amides is 2. The van der Waals surface area contributed by atoms with E-state index < -0.39 is 11.8 Å². The summed E-state index contributed by atoms with van der Waals surface area (Å²) in [5.74, 6) is -0.485. The quantitative estimate of drug-likeness (QED) is 0.433. The van der Waals surface area contributed by atoms with Gasteiger partial charge in [-0.3, -0.25) is 0 Å². The van der Waals surface area contributed by atoms with E-state index in [0.29, 0.717) is 18.5 Å².